The third-order valence-corrected chi connectivity index (χ3v) is 5.34. The molecule has 3 aromatic rings. The van der Waals surface area contributed by atoms with Gasteiger partial charge in [0, 0.05) is 23.6 Å². The first-order chi connectivity index (χ1) is 13.8. The number of sulfonamides is 1. The van der Waals surface area contributed by atoms with E-state index in [0.717, 1.165) is 5.56 Å². The fraction of sp³-hybridized carbons (Fsp3) is 0.0500. The highest BCUT2D eigenvalue weighted by Crippen LogP contribution is 2.17. The van der Waals surface area contributed by atoms with Crippen molar-refractivity contribution in [2.45, 2.75) is 11.8 Å². The van der Waals surface area contributed by atoms with Crippen LogP contribution in [0.15, 0.2) is 78.0 Å². The Morgan fingerprint density at radius 2 is 1.45 bits per heavy atom. The quantitative estimate of drug-likeness (QED) is 0.558. The summed E-state index contributed by atoms with van der Waals surface area (Å²) in [4.78, 5) is 27.9. The maximum absolute atomic E-state index is 12.5. The van der Waals surface area contributed by atoms with Crippen LogP contribution in [-0.4, -0.2) is 25.2 Å². The average Bonchev–Trinajstić information content (AvgIpc) is 2.74. The Kier molecular flexibility index (Phi) is 5.89. The Morgan fingerprint density at radius 1 is 0.828 bits per heavy atom. The van der Waals surface area contributed by atoms with Crippen LogP contribution >= 0.6 is 0 Å². The molecule has 0 aliphatic carbocycles. The summed E-state index contributed by atoms with van der Waals surface area (Å²) < 4.78 is 27.4. The number of rotatable bonds is 5. The molecule has 9 heteroatoms. The lowest BCUT2D eigenvalue weighted by Gasteiger charge is -2.10. The Hall–Kier alpha value is -3.72. The molecule has 2 amide bonds. The van der Waals surface area contributed by atoms with E-state index in [1.165, 1.54) is 36.7 Å². The second kappa shape index (κ2) is 8.53. The summed E-state index contributed by atoms with van der Waals surface area (Å²) in [6.07, 6.45) is 2.89. The molecular formula is C20H18N4O4S. The molecule has 0 saturated carbocycles. The first-order valence-electron chi connectivity index (χ1n) is 8.55. The lowest BCUT2D eigenvalue weighted by atomic mass is 10.2. The molecule has 1 heterocycles. The summed E-state index contributed by atoms with van der Waals surface area (Å²) in [5, 5.41) is 0. The molecule has 1 aromatic heterocycles. The number of hydrogen-bond acceptors (Lipinski definition) is 5. The normalized spacial score (nSPS) is 10.8. The molecule has 148 valence electrons. The van der Waals surface area contributed by atoms with Crippen molar-refractivity contribution in [2.24, 2.45) is 0 Å². The number of aromatic nitrogens is 1. The molecule has 0 unspecified atom stereocenters. The summed E-state index contributed by atoms with van der Waals surface area (Å²) in [6.45, 7) is 1.90. The van der Waals surface area contributed by atoms with Crippen molar-refractivity contribution in [2.75, 3.05) is 4.72 Å². The van der Waals surface area contributed by atoms with E-state index in [9.17, 15) is 18.0 Å². The second-order valence-corrected chi connectivity index (χ2v) is 7.83. The van der Waals surface area contributed by atoms with Gasteiger partial charge in [-0.1, -0.05) is 17.7 Å². The van der Waals surface area contributed by atoms with Gasteiger partial charge in [-0.15, -0.1) is 0 Å². The van der Waals surface area contributed by atoms with Gasteiger partial charge in [-0.2, -0.15) is 0 Å². The molecule has 0 aliphatic rings. The van der Waals surface area contributed by atoms with E-state index in [2.05, 4.69) is 20.6 Å². The number of carbonyl (C=O) groups is 2. The van der Waals surface area contributed by atoms with E-state index in [1.807, 2.05) is 6.92 Å². The van der Waals surface area contributed by atoms with E-state index in [-0.39, 0.29) is 16.0 Å². The molecule has 3 N–H and O–H groups in total. The third-order valence-electron chi connectivity index (χ3n) is 3.94. The van der Waals surface area contributed by atoms with Crippen LogP contribution in [0.2, 0.25) is 0 Å². The standard InChI is InChI=1S/C20H18N4O4S/c1-14-4-8-17(9-5-14)24-29(27,28)18-10-6-15(7-11-18)19(25)22-23-20(26)16-3-2-12-21-13-16/h2-13,24H,1H3,(H,22,25)(H,23,26). The monoisotopic (exact) mass is 410 g/mol. The highest BCUT2D eigenvalue weighted by molar-refractivity contribution is 7.92. The van der Waals surface area contributed by atoms with Gasteiger partial charge in [0.05, 0.1) is 10.5 Å². The SMILES string of the molecule is Cc1ccc(NS(=O)(=O)c2ccc(C(=O)NNC(=O)c3cccnc3)cc2)cc1. The molecule has 8 nitrogen and oxygen atoms in total. The number of hydrazine groups is 1. The van der Waals surface area contributed by atoms with Gasteiger partial charge in [-0.25, -0.2) is 8.42 Å². The van der Waals surface area contributed by atoms with Crippen molar-refractivity contribution < 1.29 is 18.0 Å². The number of nitrogens with zero attached hydrogens (tertiary/aromatic N) is 1. The molecule has 3 rings (SSSR count). The number of hydrogen-bond donors (Lipinski definition) is 3. The number of anilines is 1. The predicted molar refractivity (Wildman–Crippen MR) is 108 cm³/mol. The minimum Gasteiger partial charge on any atom is -0.280 e. The minimum absolute atomic E-state index is 0.00835. The van der Waals surface area contributed by atoms with Gasteiger partial charge in [0.15, 0.2) is 0 Å². The van der Waals surface area contributed by atoms with Crippen LogP contribution in [0.3, 0.4) is 0 Å². The lowest BCUT2D eigenvalue weighted by molar-refractivity contribution is 0.0846. The maximum Gasteiger partial charge on any atom is 0.271 e. The Bertz CT molecular complexity index is 1110. The van der Waals surface area contributed by atoms with Crippen LogP contribution in [-0.2, 0) is 10.0 Å². The van der Waals surface area contributed by atoms with Crippen molar-refractivity contribution >= 4 is 27.5 Å². The van der Waals surface area contributed by atoms with E-state index in [1.54, 1.807) is 36.4 Å². The van der Waals surface area contributed by atoms with Gasteiger partial charge in [-0.3, -0.25) is 30.1 Å². The summed E-state index contributed by atoms with van der Waals surface area (Å²) in [5.74, 6) is -1.11. The van der Waals surface area contributed by atoms with E-state index >= 15 is 0 Å². The summed E-state index contributed by atoms with van der Waals surface area (Å²) in [6, 6.07) is 15.4. The zero-order valence-corrected chi connectivity index (χ0v) is 16.2. The molecule has 0 saturated heterocycles. The first-order valence-corrected chi connectivity index (χ1v) is 10.0. The van der Waals surface area contributed by atoms with Gasteiger partial charge in [0.2, 0.25) is 0 Å². The van der Waals surface area contributed by atoms with Gasteiger partial charge < -0.3 is 0 Å². The van der Waals surface area contributed by atoms with Gasteiger partial charge >= 0.3 is 0 Å². The van der Waals surface area contributed by atoms with E-state index in [0.29, 0.717) is 5.69 Å². The van der Waals surface area contributed by atoms with Crippen LogP contribution in [0.4, 0.5) is 5.69 Å². The predicted octanol–water partition coefficient (Wildman–Crippen LogP) is 2.27. The van der Waals surface area contributed by atoms with Crippen LogP contribution in [0.5, 0.6) is 0 Å². The van der Waals surface area contributed by atoms with Crippen LogP contribution in [0.25, 0.3) is 0 Å². The molecule has 0 radical (unpaired) electrons. The number of nitrogens with one attached hydrogen (secondary N) is 3. The molecule has 0 spiro atoms. The molecule has 0 aliphatic heterocycles. The molecule has 2 aromatic carbocycles. The van der Waals surface area contributed by atoms with Crippen molar-refractivity contribution in [3.8, 4) is 0 Å². The molecule has 0 atom stereocenters. The number of benzene rings is 2. The largest absolute Gasteiger partial charge is 0.280 e. The van der Waals surface area contributed by atoms with Gasteiger partial charge in [-0.05, 0) is 55.5 Å². The smallest absolute Gasteiger partial charge is 0.271 e. The first kappa shape index (κ1) is 20.0. The van der Waals surface area contributed by atoms with Crippen molar-refractivity contribution in [1.82, 2.24) is 15.8 Å². The molecular weight excluding hydrogens is 392 g/mol. The number of amides is 2. The van der Waals surface area contributed by atoms with Crippen LogP contribution < -0.4 is 15.6 Å². The highest BCUT2D eigenvalue weighted by atomic mass is 32.2. The van der Waals surface area contributed by atoms with Crippen LogP contribution in [0, 0.1) is 6.92 Å². The summed E-state index contributed by atoms with van der Waals surface area (Å²) >= 11 is 0. The Balaban J connectivity index is 1.63. The minimum atomic E-state index is -3.79. The number of carbonyl (C=O) groups excluding carboxylic acids is 2. The second-order valence-electron chi connectivity index (χ2n) is 6.15. The van der Waals surface area contributed by atoms with Crippen molar-refractivity contribution in [1.29, 1.82) is 0 Å². The Labute approximate surface area is 168 Å². The zero-order chi connectivity index (χ0) is 20.9. The summed E-state index contributed by atoms with van der Waals surface area (Å²) in [5.41, 5.74) is 6.47. The van der Waals surface area contributed by atoms with E-state index in [4.69, 9.17) is 0 Å². The fourth-order valence-corrected chi connectivity index (χ4v) is 3.43. The average molecular weight is 410 g/mol. The fourth-order valence-electron chi connectivity index (χ4n) is 2.38. The molecule has 29 heavy (non-hydrogen) atoms. The molecule has 0 bridgehead atoms. The van der Waals surface area contributed by atoms with Gasteiger partial charge in [0.1, 0.15) is 0 Å². The number of pyridine rings is 1. The Morgan fingerprint density at radius 3 is 2.03 bits per heavy atom. The number of aryl methyl sites for hydroxylation is 1. The maximum atomic E-state index is 12.5. The van der Waals surface area contributed by atoms with Gasteiger partial charge in [0.25, 0.3) is 21.8 Å². The lowest BCUT2D eigenvalue weighted by Crippen LogP contribution is -2.41. The highest BCUT2D eigenvalue weighted by Gasteiger charge is 2.15. The molecule has 0 fully saturated rings. The zero-order valence-electron chi connectivity index (χ0n) is 15.4. The third kappa shape index (κ3) is 5.17. The van der Waals surface area contributed by atoms with Crippen molar-refractivity contribution in [3.63, 3.8) is 0 Å². The van der Waals surface area contributed by atoms with Crippen molar-refractivity contribution in [3.05, 3.63) is 89.7 Å². The topological polar surface area (TPSA) is 117 Å². The van der Waals surface area contributed by atoms with Crippen LogP contribution in [0.1, 0.15) is 26.3 Å². The summed E-state index contributed by atoms with van der Waals surface area (Å²) in [7, 11) is -3.79. The van der Waals surface area contributed by atoms with E-state index < -0.39 is 21.8 Å².